The summed E-state index contributed by atoms with van der Waals surface area (Å²) < 4.78 is 7.85. The SMILES string of the molecule is CC(C)(C)OCCn1ccc2c(/C(N)=N/O)cccc21. The van der Waals surface area contributed by atoms with Gasteiger partial charge in [-0.3, -0.25) is 0 Å². The molecule has 2 rings (SSSR count). The maximum absolute atomic E-state index is 8.82. The summed E-state index contributed by atoms with van der Waals surface area (Å²) in [6, 6.07) is 7.73. The molecule has 0 saturated heterocycles. The second kappa shape index (κ2) is 5.54. The average molecular weight is 275 g/mol. The molecule has 1 aromatic heterocycles. The van der Waals surface area contributed by atoms with Gasteiger partial charge >= 0.3 is 0 Å². The number of ether oxygens (including phenoxy) is 1. The number of nitrogens with two attached hydrogens (primary N) is 1. The highest BCUT2D eigenvalue weighted by molar-refractivity contribution is 6.08. The fraction of sp³-hybridized carbons (Fsp3) is 0.400. The Morgan fingerprint density at radius 1 is 1.35 bits per heavy atom. The van der Waals surface area contributed by atoms with Crippen LogP contribution in [0.3, 0.4) is 0 Å². The number of nitrogens with zero attached hydrogens (tertiary/aromatic N) is 2. The fourth-order valence-electron chi connectivity index (χ4n) is 2.15. The lowest BCUT2D eigenvalue weighted by Crippen LogP contribution is -2.21. The minimum Gasteiger partial charge on any atom is -0.409 e. The summed E-state index contributed by atoms with van der Waals surface area (Å²) in [5.41, 5.74) is 7.34. The van der Waals surface area contributed by atoms with Gasteiger partial charge in [-0.05, 0) is 32.9 Å². The van der Waals surface area contributed by atoms with Crippen molar-refractivity contribution in [2.24, 2.45) is 10.9 Å². The van der Waals surface area contributed by atoms with E-state index in [0.29, 0.717) is 6.61 Å². The van der Waals surface area contributed by atoms with Crippen LogP contribution < -0.4 is 5.73 Å². The Labute approximate surface area is 118 Å². The summed E-state index contributed by atoms with van der Waals surface area (Å²) in [4.78, 5) is 0. The van der Waals surface area contributed by atoms with E-state index in [1.54, 1.807) is 0 Å². The summed E-state index contributed by atoms with van der Waals surface area (Å²) >= 11 is 0. The lowest BCUT2D eigenvalue weighted by Gasteiger charge is -2.19. The van der Waals surface area contributed by atoms with Crippen LogP contribution in [0.25, 0.3) is 10.9 Å². The van der Waals surface area contributed by atoms with Gasteiger partial charge in [-0.25, -0.2) is 0 Å². The fourth-order valence-corrected chi connectivity index (χ4v) is 2.15. The van der Waals surface area contributed by atoms with Crippen molar-refractivity contribution in [1.82, 2.24) is 4.57 Å². The van der Waals surface area contributed by atoms with E-state index >= 15 is 0 Å². The highest BCUT2D eigenvalue weighted by atomic mass is 16.5. The summed E-state index contributed by atoms with van der Waals surface area (Å²) in [7, 11) is 0. The second-order valence-corrected chi connectivity index (χ2v) is 5.69. The highest BCUT2D eigenvalue weighted by Gasteiger charge is 2.11. The summed E-state index contributed by atoms with van der Waals surface area (Å²) in [5.74, 6) is 0.124. The monoisotopic (exact) mass is 275 g/mol. The highest BCUT2D eigenvalue weighted by Crippen LogP contribution is 2.20. The third-order valence-corrected chi connectivity index (χ3v) is 3.06. The summed E-state index contributed by atoms with van der Waals surface area (Å²) in [6.07, 6.45) is 1.99. The molecule has 5 heteroatoms. The van der Waals surface area contributed by atoms with Crippen molar-refractivity contribution in [2.45, 2.75) is 32.9 Å². The molecule has 0 saturated carbocycles. The van der Waals surface area contributed by atoms with Crippen LogP contribution >= 0.6 is 0 Å². The topological polar surface area (TPSA) is 72.8 Å². The van der Waals surface area contributed by atoms with Crippen LogP contribution in [-0.2, 0) is 11.3 Å². The van der Waals surface area contributed by atoms with Gasteiger partial charge in [0.25, 0.3) is 0 Å². The minimum absolute atomic E-state index is 0.124. The van der Waals surface area contributed by atoms with Crippen LogP contribution in [0.15, 0.2) is 35.6 Å². The first-order valence-corrected chi connectivity index (χ1v) is 6.62. The predicted octanol–water partition coefficient (Wildman–Crippen LogP) is 2.55. The van der Waals surface area contributed by atoms with E-state index in [1.807, 2.05) is 51.2 Å². The van der Waals surface area contributed by atoms with E-state index in [9.17, 15) is 0 Å². The average Bonchev–Trinajstić information content (AvgIpc) is 2.80. The molecule has 0 unspecified atom stereocenters. The van der Waals surface area contributed by atoms with Crippen molar-refractivity contribution >= 4 is 16.7 Å². The van der Waals surface area contributed by atoms with Crippen molar-refractivity contribution in [2.75, 3.05) is 6.61 Å². The number of rotatable bonds is 4. The van der Waals surface area contributed by atoms with Crippen LogP contribution in [0.1, 0.15) is 26.3 Å². The maximum Gasteiger partial charge on any atom is 0.170 e. The first-order valence-electron chi connectivity index (χ1n) is 6.62. The molecule has 5 nitrogen and oxygen atoms in total. The Bertz CT molecular complexity index is 624. The molecule has 20 heavy (non-hydrogen) atoms. The second-order valence-electron chi connectivity index (χ2n) is 5.69. The zero-order valence-corrected chi connectivity index (χ0v) is 12.1. The molecule has 108 valence electrons. The zero-order chi connectivity index (χ0) is 14.8. The van der Waals surface area contributed by atoms with Gasteiger partial charge in [-0.2, -0.15) is 0 Å². The molecule has 0 aliphatic rings. The normalized spacial score (nSPS) is 13.1. The van der Waals surface area contributed by atoms with Gasteiger partial charge in [-0.1, -0.05) is 17.3 Å². The number of benzene rings is 1. The number of amidine groups is 1. The van der Waals surface area contributed by atoms with E-state index in [-0.39, 0.29) is 11.4 Å². The van der Waals surface area contributed by atoms with E-state index in [0.717, 1.165) is 23.0 Å². The molecule has 1 heterocycles. The first kappa shape index (κ1) is 14.4. The van der Waals surface area contributed by atoms with Gasteiger partial charge in [0.15, 0.2) is 5.84 Å². The lowest BCUT2D eigenvalue weighted by atomic mass is 10.1. The molecule has 0 aliphatic carbocycles. The van der Waals surface area contributed by atoms with Gasteiger partial charge in [0.2, 0.25) is 0 Å². The van der Waals surface area contributed by atoms with Gasteiger partial charge < -0.3 is 20.2 Å². The standard InChI is InChI=1S/C15H21N3O2/c1-15(2,3)20-10-9-18-8-7-11-12(14(16)17-19)5-4-6-13(11)18/h4-8,19H,9-10H2,1-3H3,(H2,16,17). The molecule has 0 fully saturated rings. The molecule has 0 bridgehead atoms. The minimum atomic E-state index is -0.137. The van der Waals surface area contributed by atoms with E-state index in [1.165, 1.54) is 0 Å². The Balaban J connectivity index is 2.25. The van der Waals surface area contributed by atoms with E-state index in [4.69, 9.17) is 15.7 Å². The van der Waals surface area contributed by atoms with Crippen LogP contribution in [0.5, 0.6) is 0 Å². The van der Waals surface area contributed by atoms with E-state index in [2.05, 4.69) is 9.72 Å². The van der Waals surface area contributed by atoms with Crippen LogP contribution in [0, 0.1) is 0 Å². The molecular formula is C15H21N3O2. The number of oxime groups is 1. The predicted molar refractivity (Wildman–Crippen MR) is 80.2 cm³/mol. The van der Waals surface area contributed by atoms with E-state index < -0.39 is 0 Å². The van der Waals surface area contributed by atoms with Crippen LogP contribution in [0.4, 0.5) is 0 Å². The molecule has 0 atom stereocenters. The number of hydrogen-bond acceptors (Lipinski definition) is 3. The molecule has 1 aromatic carbocycles. The molecule has 0 aliphatic heterocycles. The van der Waals surface area contributed by atoms with Gasteiger partial charge in [-0.15, -0.1) is 0 Å². The van der Waals surface area contributed by atoms with Crippen molar-refractivity contribution in [3.63, 3.8) is 0 Å². The molecule has 0 amide bonds. The number of aromatic nitrogens is 1. The third kappa shape index (κ3) is 3.11. The van der Waals surface area contributed by atoms with Gasteiger partial charge in [0.05, 0.1) is 12.2 Å². The Morgan fingerprint density at radius 2 is 2.10 bits per heavy atom. The quantitative estimate of drug-likeness (QED) is 0.390. The largest absolute Gasteiger partial charge is 0.409 e. The Morgan fingerprint density at radius 3 is 2.75 bits per heavy atom. The molecule has 3 N–H and O–H groups in total. The smallest absolute Gasteiger partial charge is 0.170 e. The van der Waals surface area contributed by atoms with Crippen molar-refractivity contribution in [1.29, 1.82) is 0 Å². The third-order valence-electron chi connectivity index (χ3n) is 3.06. The summed E-state index contributed by atoms with van der Waals surface area (Å²) in [5, 5.41) is 12.9. The van der Waals surface area contributed by atoms with Gasteiger partial charge in [0, 0.05) is 29.2 Å². The van der Waals surface area contributed by atoms with Crippen molar-refractivity contribution < 1.29 is 9.94 Å². The number of hydrogen-bond donors (Lipinski definition) is 2. The number of fused-ring (bicyclic) bond motifs is 1. The lowest BCUT2D eigenvalue weighted by molar-refractivity contribution is -0.00644. The van der Waals surface area contributed by atoms with Crippen molar-refractivity contribution in [3.8, 4) is 0 Å². The molecular weight excluding hydrogens is 254 g/mol. The molecule has 0 spiro atoms. The summed E-state index contributed by atoms with van der Waals surface area (Å²) in [6.45, 7) is 7.52. The first-order chi connectivity index (χ1) is 9.42. The van der Waals surface area contributed by atoms with Crippen molar-refractivity contribution in [3.05, 3.63) is 36.0 Å². The molecule has 2 aromatic rings. The zero-order valence-electron chi connectivity index (χ0n) is 12.1. The van der Waals surface area contributed by atoms with Crippen LogP contribution in [0.2, 0.25) is 0 Å². The van der Waals surface area contributed by atoms with Gasteiger partial charge in [0.1, 0.15) is 0 Å². The Kier molecular flexibility index (Phi) is 3.99. The maximum atomic E-state index is 8.82. The Hall–Kier alpha value is -2.01. The molecule has 0 radical (unpaired) electrons. The van der Waals surface area contributed by atoms with Crippen LogP contribution in [-0.4, -0.2) is 27.8 Å².